The van der Waals surface area contributed by atoms with E-state index in [0.29, 0.717) is 0 Å². The zero-order valence-electron chi connectivity index (χ0n) is 10.1. The Hall–Kier alpha value is -1.00. The average molecular weight is 340 g/mol. The highest BCUT2D eigenvalue weighted by molar-refractivity contribution is 9.10. The van der Waals surface area contributed by atoms with Crippen LogP contribution in [0.15, 0.2) is 9.63 Å². The van der Waals surface area contributed by atoms with Crippen LogP contribution < -0.4 is 10.5 Å². The second-order valence-electron chi connectivity index (χ2n) is 4.38. The predicted molar refractivity (Wildman–Crippen MR) is 66.9 cm³/mol. The van der Waals surface area contributed by atoms with Crippen LogP contribution in [0.3, 0.4) is 0 Å². The molecule has 0 aliphatic carbocycles. The summed E-state index contributed by atoms with van der Waals surface area (Å²) >= 11 is 3.00. The van der Waals surface area contributed by atoms with Crippen molar-refractivity contribution in [1.82, 2.24) is 19.7 Å². The molecule has 0 saturated heterocycles. The topological polar surface area (TPSA) is 120 Å². The maximum absolute atomic E-state index is 12.0. The Balaban J connectivity index is 2.95. The smallest absolute Gasteiger partial charge is 0.260 e. The molecule has 0 spiro atoms. The second-order valence-corrected chi connectivity index (χ2v) is 6.82. The fourth-order valence-electron chi connectivity index (χ4n) is 1.04. The highest BCUT2D eigenvalue weighted by Crippen LogP contribution is 2.19. The second kappa shape index (κ2) is 4.94. The van der Waals surface area contributed by atoms with E-state index in [0.717, 1.165) is 4.68 Å². The molecule has 1 heterocycles. The fourth-order valence-corrected chi connectivity index (χ4v) is 3.34. The van der Waals surface area contributed by atoms with Gasteiger partial charge in [-0.3, -0.25) is 4.79 Å². The Kier molecular flexibility index (Phi) is 4.13. The van der Waals surface area contributed by atoms with E-state index in [2.05, 4.69) is 31.0 Å². The molecule has 0 unspecified atom stereocenters. The van der Waals surface area contributed by atoms with Crippen LogP contribution in [0.4, 0.5) is 0 Å². The zero-order chi connectivity index (χ0) is 14.1. The van der Waals surface area contributed by atoms with Gasteiger partial charge in [-0.1, -0.05) is 5.21 Å². The van der Waals surface area contributed by atoms with Crippen molar-refractivity contribution in [3.63, 3.8) is 0 Å². The summed E-state index contributed by atoms with van der Waals surface area (Å²) in [6.07, 6.45) is 0. The Morgan fingerprint density at radius 3 is 2.50 bits per heavy atom. The first-order valence-electron chi connectivity index (χ1n) is 4.92. The van der Waals surface area contributed by atoms with Gasteiger partial charge in [-0.2, -0.15) is 0 Å². The monoisotopic (exact) mass is 339 g/mol. The van der Waals surface area contributed by atoms with Gasteiger partial charge in [-0.05, 0) is 29.8 Å². The van der Waals surface area contributed by atoms with Crippen LogP contribution in [0.25, 0.3) is 0 Å². The van der Waals surface area contributed by atoms with Crippen molar-refractivity contribution in [1.29, 1.82) is 0 Å². The summed E-state index contributed by atoms with van der Waals surface area (Å²) < 4.78 is 27.5. The third-order valence-corrected chi connectivity index (χ3v) is 4.65. The molecule has 10 heteroatoms. The summed E-state index contributed by atoms with van der Waals surface area (Å²) in [5.74, 6) is -0.590. The molecule has 0 fully saturated rings. The number of amides is 1. The number of rotatable bonds is 5. The number of primary amides is 1. The van der Waals surface area contributed by atoms with Crippen LogP contribution >= 0.6 is 15.9 Å². The van der Waals surface area contributed by atoms with Crippen molar-refractivity contribution >= 4 is 31.9 Å². The molecule has 1 amide bonds. The van der Waals surface area contributed by atoms with Gasteiger partial charge in [0.2, 0.25) is 10.9 Å². The third-order valence-electron chi connectivity index (χ3n) is 2.36. The molecule has 3 N–H and O–H groups in total. The van der Waals surface area contributed by atoms with Gasteiger partial charge in [0, 0.05) is 13.6 Å². The molecular formula is C8H14BrN5O3S. The molecule has 0 saturated carbocycles. The minimum Gasteiger partial charge on any atom is -0.369 e. The lowest BCUT2D eigenvalue weighted by atomic mass is 9.93. The molecule has 8 nitrogen and oxygen atoms in total. The Morgan fingerprint density at radius 2 is 2.11 bits per heavy atom. The lowest BCUT2D eigenvalue weighted by Crippen LogP contribution is -2.42. The molecule has 0 aliphatic rings. The van der Waals surface area contributed by atoms with Gasteiger partial charge in [0.15, 0.2) is 4.60 Å². The van der Waals surface area contributed by atoms with Crippen molar-refractivity contribution < 1.29 is 13.2 Å². The molecule has 0 aliphatic heterocycles. The number of aromatic nitrogens is 3. The number of nitrogens with two attached hydrogens (primary N) is 1. The highest BCUT2D eigenvalue weighted by atomic mass is 79.9. The van der Waals surface area contributed by atoms with E-state index in [1.54, 1.807) is 13.8 Å². The summed E-state index contributed by atoms with van der Waals surface area (Å²) in [5, 5.41) is 7.04. The van der Waals surface area contributed by atoms with E-state index in [1.165, 1.54) is 7.05 Å². The van der Waals surface area contributed by atoms with Crippen LogP contribution in [0.1, 0.15) is 13.8 Å². The predicted octanol–water partition coefficient (Wildman–Crippen LogP) is -0.633. The van der Waals surface area contributed by atoms with Crippen LogP contribution in [0.2, 0.25) is 0 Å². The first-order valence-corrected chi connectivity index (χ1v) is 7.20. The molecule has 1 aromatic heterocycles. The molecule has 102 valence electrons. The maximum Gasteiger partial charge on any atom is 0.260 e. The molecule has 18 heavy (non-hydrogen) atoms. The SMILES string of the molecule is Cn1nnc(Br)c1S(=O)(=O)NCC(C)(C)C(N)=O. The molecule has 0 aromatic carbocycles. The number of aryl methyl sites for hydroxylation is 1. The molecule has 0 radical (unpaired) electrons. The van der Waals surface area contributed by atoms with Gasteiger partial charge in [0.25, 0.3) is 10.0 Å². The van der Waals surface area contributed by atoms with E-state index in [9.17, 15) is 13.2 Å². The summed E-state index contributed by atoms with van der Waals surface area (Å²) in [5.41, 5.74) is 4.18. The van der Waals surface area contributed by atoms with Crippen LogP contribution in [-0.2, 0) is 21.9 Å². The quantitative estimate of drug-likeness (QED) is 0.739. The Labute approximate surface area is 113 Å². The van der Waals surface area contributed by atoms with Crippen molar-refractivity contribution in [2.45, 2.75) is 18.9 Å². The van der Waals surface area contributed by atoms with Crippen LogP contribution in [-0.4, -0.2) is 35.9 Å². The van der Waals surface area contributed by atoms with E-state index < -0.39 is 21.3 Å². The number of sulfonamides is 1. The van der Waals surface area contributed by atoms with Crippen LogP contribution in [0, 0.1) is 5.41 Å². The van der Waals surface area contributed by atoms with Gasteiger partial charge >= 0.3 is 0 Å². The standard InChI is InChI=1S/C8H14BrN5O3S/c1-8(2,7(10)15)4-11-18(16,17)6-5(9)12-13-14(6)3/h11H,4H2,1-3H3,(H2,10,15). The minimum absolute atomic E-state index is 0.106. The maximum atomic E-state index is 12.0. The van der Waals surface area contributed by atoms with Crippen molar-refractivity contribution in [2.75, 3.05) is 6.54 Å². The summed E-state index contributed by atoms with van der Waals surface area (Å²) in [6.45, 7) is 2.99. The number of nitrogens with zero attached hydrogens (tertiary/aromatic N) is 3. The van der Waals surface area contributed by atoms with Crippen molar-refractivity contribution in [2.24, 2.45) is 18.2 Å². The molecule has 0 bridgehead atoms. The van der Waals surface area contributed by atoms with E-state index in [1.807, 2.05) is 0 Å². The number of carbonyl (C=O) groups excluding carboxylic acids is 1. The molecule has 1 rings (SSSR count). The minimum atomic E-state index is -3.81. The number of halogens is 1. The lowest BCUT2D eigenvalue weighted by Gasteiger charge is -2.20. The number of hydrogen-bond acceptors (Lipinski definition) is 5. The molecule has 1 aromatic rings. The van der Waals surface area contributed by atoms with Gasteiger partial charge in [-0.25, -0.2) is 17.8 Å². The summed E-state index contributed by atoms with van der Waals surface area (Å²) in [6, 6.07) is 0. The van der Waals surface area contributed by atoms with E-state index in [4.69, 9.17) is 5.73 Å². The number of hydrogen-bond donors (Lipinski definition) is 2. The van der Waals surface area contributed by atoms with E-state index >= 15 is 0 Å². The Bertz CT molecular complexity index is 546. The largest absolute Gasteiger partial charge is 0.369 e. The Morgan fingerprint density at radius 1 is 1.56 bits per heavy atom. The highest BCUT2D eigenvalue weighted by Gasteiger charge is 2.30. The number of carbonyl (C=O) groups is 1. The van der Waals surface area contributed by atoms with Crippen LogP contribution in [0.5, 0.6) is 0 Å². The fraction of sp³-hybridized carbons (Fsp3) is 0.625. The first-order chi connectivity index (χ1) is 8.08. The molecular weight excluding hydrogens is 326 g/mol. The lowest BCUT2D eigenvalue weighted by molar-refractivity contribution is -0.125. The summed E-state index contributed by atoms with van der Waals surface area (Å²) in [4.78, 5) is 11.1. The van der Waals surface area contributed by atoms with Gasteiger partial charge in [-0.15, -0.1) is 5.10 Å². The molecule has 0 atom stereocenters. The number of nitrogens with one attached hydrogen (secondary N) is 1. The summed E-state index contributed by atoms with van der Waals surface area (Å²) in [7, 11) is -2.36. The zero-order valence-corrected chi connectivity index (χ0v) is 12.5. The first kappa shape index (κ1) is 15.1. The van der Waals surface area contributed by atoms with Crippen molar-refractivity contribution in [3.05, 3.63) is 4.60 Å². The average Bonchev–Trinajstić information content (AvgIpc) is 2.56. The van der Waals surface area contributed by atoms with E-state index in [-0.39, 0.29) is 16.2 Å². The van der Waals surface area contributed by atoms with Gasteiger partial charge < -0.3 is 5.73 Å². The third kappa shape index (κ3) is 3.06. The normalized spacial score (nSPS) is 12.7. The van der Waals surface area contributed by atoms with Gasteiger partial charge in [0.1, 0.15) is 0 Å². The van der Waals surface area contributed by atoms with Crippen molar-refractivity contribution in [3.8, 4) is 0 Å². The van der Waals surface area contributed by atoms with Gasteiger partial charge in [0.05, 0.1) is 5.41 Å².